The molecule has 1 unspecified atom stereocenters. The van der Waals surface area contributed by atoms with E-state index in [0.29, 0.717) is 25.0 Å². The quantitative estimate of drug-likeness (QED) is 0.466. The molecular formula is C13H15BrN2O5. The zero-order chi connectivity index (χ0) is 15.4. The average molecular weight is 359 g/mol. The SMILES string of the molecule is COc1ccc(C(=O)N2CCOC(CBr)C2)cc1[N+](=O)[O-]. The Morgan fingerprint density at radius 3 is 3.00 bits per heavy atom. The van der Waals surface area contributed by atoms with Crippen LogP contribution < -0.4 is 4.74 Å². The maximum absolute atomic E-state index is 12.4. The van der Waals surface area contributed by atoms with Crippen molar-refractivity contribution in [3.63, 3.8) is 0 Å². The zero-order valence-electron chi connectivity index (χ0n) is 11.5. The highest BCUT2D eigenvalue weighted by molar-refractivity contribution is 9.09. The summed E-state index contributed by atoms with van der Waals surface area (Å²) in [6.07, 6.45) is -0.0593. The Labute approximate surface area is 130 Å². The lowest BCUT2D eigenvalue weighted by Crippen LogP contribution is -2.46. The van der Waals surface area contributed by atoms with E-state index >= 15 is 0 Å². The minimum atomic E-state index is -0.559. The van der Waals surface area contributed by atoms with E-state index in [2.05, 4.69) is 15.9 Å². The summed E-state index contributed by atoms with van der Waals surface area (Å²) >= 11 is 3.32. The molecule has 114 valence electrons. The molecule has 21 heavy (non-hydrogen) atoms. The number of alkyl halides is 1. The Morgan fingerprint density at radius 2 is 2.38 bits per heavy atom. The Balaban J connectivity index is 2.23. The van der Waals surface area contributed by atoms with Crippen molar-refractivity contribution in [2.24, 2.45) is 0 Å². The molecule has 0 N–H and O–H groups in total. The number of nitrogens with zero attached hydrogens (tertiary/aromatic N) is 2. The van der Waals surface area contributed by atoms with Crippen LogP contribution in [-0.4, -0.2) is 54.0 Å². The largest absolute Gasteiger partial charge is 0.490 e. The van der Waals surface area contributed by atoms with Crippen LogP contribution in [0.15, 0.2) is 18.2 Å². The lowest BCUT2D eigenvalue weighted by atomic mass is 10.1. The zero-order valence-corrected chi connectivity index (χ0v) is 13.0. The number of rotatable bonds is 4. The lowest BCUT2D eigenvalue weighted by Gasteiger charge is -2.32. The summed E-state index contributed by atoms with van der Waals surface area (Å²) < 4.78 is 10.4. The van der Waals surface area contributed by atoms with Gasteiger partial charge in [0.15, 0.2) is 5.75 Å². The molecule has 0 bridgehead atoms. The fourth-order valence-electron chi connectivity index (χ4n) is 2.15. The van der Waals surface area contributed by atoms with Crippen molar-refractivity contribution in [3.05, 3.63) is 33.9 Å². The normalized spacial score (nSPS) is 18.4. The van der Waals surface area contributed by atoms with Crippen LogP contribution in [0.2, 0.25) is 0 Å². The van der Waals surface area contributed by atoms with Crippen molar-refractivity contribution >= 4 is 27.5 Å². The molecule has 1 heterocycles. The van der Waals surface area contributed by atoms with Crippen LogP contribution >= 0.6 is 15.9 Å². The van der Waals surface area contributed by atoms with E-state index in [9.17, 15) is 14.9 Å². The third kappa shape index (κ3) is 3.51. The van der Waals surface area contributed by atoms with Gasteiger partial charge >= 0.3 is 5.69 Å². The average Bonchev–Trinajstić information content (AvgIpc) is 2.53. The molecule has 1 aromatic carbocycles. The summed E-state index contributed by atoms with van der Waals surface area (Å²) in [5.74, 6) is -0.105. The Hall–Kier alpha value is -1.67. The predicted octanol–water partition coefficient (Wildman–Crippen LogP) is 1.84. The minimum Gasteiger partial charge on any atom is -0.490 e. The highest BCUT2D eigenvalue weighted by atomic mass is 79.9. The molecule has 1 aliphatic rings. The molecule has 7 nitrogen and oxygen atoms in total. The van der Waals surface area contributed by atoms with Crippen molar-refractivity contribution in [1.29, 1.82) is 0 Å². The number of methoxy groups -OCH3 is 1. The van der Waals surface area contributed by atoms with Gasteiger partial charge in [-0.2, -0.15) is 0 Å². The first-order valence-electron chi connectivity index (χ1n) is 6.36. The Morgan fingerprint density at radius 1 is 1.62 bits per heavy atom. The number of carbonyl (C=O) groups is 1. The molecule has 0 aromatic heterocycles. The highest BCUT2D eigenvalue weighted by Crippen LogP contribution is 2.28. The smallest absolute Gasteiger partial charge is 0.311 e. The molecule has 0 saturated carbocycles. The van der Waals surface area contributed by atoms with Crippen molar-refractivity contribution in [3.8, 4) is 5.75 Å². The van der Waals surface area contributed by atoms with Gasteiger partial charge in [0.2, 0.25) is 0 Å². The molecule has 1 aromatic rings. The van der Waals surface area contributed by atoms with Gasteiger partial charge in [0.25, 0.3) is 5.91 Å². The number of nitro benzene ring substituents is 1. The second kappa shape index (κ2) is 6.86. The molecule has 8 heteroatoms. The molecule has 1 saturated heterocycles. The van der Waals surface area contributed by atoms with E-state index in [4.69, 9.17) is 9.47 Å². The topological polar surface area (TPSA) is 81.9 Å². The number of halogens is 1. The summed E-state index contributed by atoms with van der Waals surface area (Å²) in [7, 11) is 1.35. The monoisotopic (exact) mass is 358 g/mol. The summed E-state index contributed by atoms with van der Waals surface area (Å²) in [6, 6.07) is 4.22. The summed E-state index contributed by atoms with van der Waals surface area (Å²) in [5.41, 5.74) is 0.0615. The van der Waals surface area contributed by atoms with E-state index < -0.39 is 4.92 Å². The van der Waals surface area contributed by atoms with Crippen LogP contribution in [0.1, 0.15) is 10.4 Å². The van der Waals surface area contributed by atoms with Crippen molar-refractivity contribution in [1.82, 2.24) is 4.90 Å². The minimum absolute atomic E-state index is 0.0593. The molecule has 0 radical (unpaired) electrons. The van der Waals surface area contributed by atoms with Gasteiger partial charge in [0, 0.05) is 30.0 Å². The van der Waals surface area contributed by atoms with Gasteiger partial charge in [-0.05, 0) is 12.1 Å². The molecular weight excluding hydrogens is 344 g/mol. The summed E-state index contributed by atoms with van der Waals surface area (Å²) in [5, 5.41) is 11.6. The first-order chi connectivity index (χ1) is 10.1. The lowest BCUT2D eigenvalue weighted by molar-refractivity contribution is -0.385. The van der Waals surface area contributed by atoms with Gasteiger partial charge in [-0.15, -0.1) is 0 Å². The molecule has 0 spiro atoms. The van der Waals surface area contributed by atoms with Gasteiger partial charge in [-0.3, -0.25) is 14.9 Å². The first-order valence-corrected chi connectivity index (χ1v) is 7.48. The summed E-state index contributed by atoms with van der Waals surface area (Å²) in [6.45, 7) is 1.40. The Bertz CT molecular complexity index is 551. The number of morpholine rings is 1. The van der Waals surface area contributed by atoms with E-state index in [1.54, 1.807) is 4.90 Å². The summed E-state index contributed by atoms with van der Waals surface area (Å²) in [4.78, 5) is 24.5. The number of amides is 1. The van der Waals surface area contributed by atoms with Gasteiger partial charge in [-0.1, -0.05) is 15.9 Å². The number of hydrogen-bond donors (Lipinski definition) is 0. The maximum Gasteiger partial charge on any atom is 0.311 e. The van der Waals surface area contributed by atoms with Gasteiger partial charge in [0.05, 0.1) is 24.7 Å². The van der Waals surface area contributed by atoms with Crippen LogP contribution in [0.25, 0.3) is 0 Å². The second-order valence-electron chi connectivity index (χ2n) is 4.54. The van der Waals surface area contributed by atoms with Crippen molar-refractivity contribution in [2.45, 2.75) is 6.10 Å². The highest BCUT2D eigenvalue weighted by Gasteiger charge is 2.26. The molecule has 2 rings (SSSR count). The maximum atomic E-state index is 12.4. The van der Waals surface area contributed by atoms with Gasteiger partial charge in [0.1, 0.15) is 0 Å². The number of hydrogen-bond acceptors (Lipinski definition) is 5. The predicted molar refractivity (Wildman–Crippen MR) is 79.1 cm³/mol. The first kappa shape index (κ1) is 15.7. The fraction of sp³-hybridized carbons (Fsp3) is 0.462. The molecule has 1 aliphatic heterocycles. The van der Waals surface area contributed by atoms with Crippen molar-refractivity contribution < 1.29 is 19.2 Å². The van der Waals surface area contributed by atoms with Gasteiger partial charge in [-0.25, -0.2) is 0 Å². The van der Waals surface area contributed by atoms with Crippen LogP contribution in [0, 0.1) is 10.1 Å². The number of carbonyl (C=O) groups excluding carboxylic acids is 1. The van der Waals surface area contributed by atoms with E-state index in [0.717, 1.165) is 0 Å². The number of benzene rings is 1. The Kier molecular flexibility index (Phi) is 5.13. The molecule has 1 atom stereocenters. The number of nitro groups is 1. The third-order valence-corrected chi connectivity index (χ3v) is 3.94. The molecule has 1 amide bonds. The van der Waals surface area contributed by atoms with E-state index in [1.807, 2.05) is 0 Å². The van der Waals surface area contributed by atoms with Crippen LogP contribution in [-0.2, 0) is 4.74 Å². The van der Waals surface area contributed by atoms with Crippen molar-refractivity contribution in [2.75, 3.05) is 32.1 Å². The van der Waals surface area contributed by atoms with Crippen LogP contribution in [0.3, 0.4) is 0 Å². The second-order valence-corrected chi connectivity index (χ2v) is 5.19. The van der Waals surface area contributed by atoms with E-state index in [-0.39, 0.29) is 29.0 Å². The standard InChI is InChI=1S/C13H15BrN2O5/c1-20-12-3-2-9(6-11(12)16(18)19)13(17)15-4-5-21-10(7-14)8-15/h2-3,6,10H,4-5,7-8H2,1H3. The molecule has 0 aliphatic carbocycles. The fourth-order valence-corrected chi connectivity index (χ4v) is 2.54. The van der Waals surface area contributed by atoms with Crippen LogP contribution in [0.4, 0.5) is 5.69 Å². The number of ether oxygens (including phenoxy) is 2. The van der Waals surface area contributed by atoms with Gasteiger partial charge < -0.3 is 14.4 Å². The van der Waals surface area contributed by atoms with Crippen LogP contribution in [0.5, 0.6) is 5.75 Å². The molecule has 1 fully saturated rings. The van der Waals surface area contributed by atoms with E-state index in [1.165, 1.54) is 25.3 Å². The third-order valence-electron chi connectivity index (χ3n) is 3.22.